The first-order chi connectivity index (χ1) is 6.63. The molecule has 1 aromatic rings. The average Bonchev–Trinajstić information content (AvgIpc) is 2.18. The number of carbonyl (C=O) groups excluding carboxylic acids is 1. The molecule has 6 nitrogen and oxygen atoms in total. The number of aromatic carboxylic acids is 1. The van der Waals surface area contributed by atoms with E-state index in [-0.39, 0.29) is 5.56 Å². The molecule has 0 aromatic heterocycles. The summed E-state index contributed by atoms with van der Waals surface area (Å²) in [4.78, 5) is 21.1. The number of urea groups is 1. The molecule has 0 fully saturated rings. The number of anilines is 1. The molecule has 0 radical (unpaired) electrons. The first kappa shape index (κ1) is 10.0. The standard InChI is InChI=1S/C8H8N2O4/c11-7(12)5-1-3-6(4-2-5)9-8(13)10-14/h1-4,14H,(H,11,12)(H2,9,10,13). The van der Waals surface area contributed by atoms with Gasteiger partial charge in [0.15, 0.2) is 0 Å². The Kier molecular flexibility index (Phi) is 3.03. The second kappa shape index (κ2) is 4.24. The van der Waals surface area contributed by atoms with Gasteiger partial charge in [0.05, 0.1) is 5.56 Å². The summed E-state index contributed by atoms with van der Waals surface area (Å²) in [6.07, 6.45) is 0. The van der Waals surface area contributed by atoms with Crippen molar-refractivity contribution in [3.8, 4) is 0 Å². The van der Waals surface area contributed by atoms with Gasteiger partial charge in [-0.3, -0.25) is 5.21 Å². The van der Waals surface area contributed by atoms with Crippen LogP contribution in [0.4, 0.5) is 10.5 Å². The fraction of sp³-hybridized carbons (Fsp3) is 0. The molecule has 0 saturated heterocycles. The minimum absolute atomic E-state index is 0.125. The molecule has 0 aliphatic rings. The third-order valence-electron chi connectivity index (χ3n) is 1.49. The second-order valence-corrected chi connectivity index (χ2v) is 2.45. The summed E-state index contributed by atoms with van der Waals surface area (Å²) in [5.74, 6) is -1.04. The lowest BCUT2D eigenvalue weighted by Crippen LogP contribution is -2.25. The number of carbonyl (C=O) groups is 2. The Morgan fingerprint density at radius 3 is 2.14 bits per heavy atom. The molecule has 4 N–H and O–H groups in total. The highest BCUT2D eigenvalue weighted by Gasteiger charge is 2.03. The smallest absolute Gasteiger partial charge is 0.342 e. The summed E-state index contributed by atoms with van der Waals surface area (Å²) in [5, 5.41) is 19.0. The van der Waals surface area contributed by atoms with Gasteiger partial charge in [-0.2, -0.15) is 0 Å². The number of rotatable bonds is 2. The summed E-state index contributed by atoms with van der Waals surface area (Å²) < 4.78 is 0. The van der Waals surface area contributed by atoms with Crippen LogP contribution in [0.15, 0.2) is 24.3 Å². The molecule has 0 unspecified atom stereocenters. The number of carboxylic acid groups (broad SMARTS) is 1. The maximum absolute atomic E-state index is 10.6. The quantitative estimate of drug-likeness (QED) is 0.417. The van der Waals surface area contributed by atoms with Crippen molar-refractivity contribution in [2.45, 2.75) is 0 Å². The van der Waals surface area contributed by atoms with Crippen molar-refractivity contribution in [2.75, 3.05) is 5.32 Å². The molecule has 0 heterocycles. The molecule has 0 bridgehead atoms. The Morgan fingerprint density at radius 1 is 1.14 bits per heavy atom. The molecule has 0 aliphatic heterocycles. The van der Waals surface area contributed by atoms with Gasteiger partial charge in [0, 0.05) is 5.69 Å². The number of benzene rings is 1. The Hall–Kier alpha value is -2.08. The van der Waals surface area contributed by atoms with E-state index >= 15 is 0 Å². The van der Waals surface area contributed by atoms with Crippen molar-refractivity contribution >= 4 is 17.7 Å². The number of hydrogen-bond donors (Lipinski definition) is 4. The van der Waals surface area contributed by atoms with Gasteiger partial charge < -0.3 is 10.4 Å². The molecule has 0 aliphatic carbocycles. The van der Waals surface area contributed by atoms with Crippen molar-refractivity contribution in [2.24, 2.45) is 0 Å². The van der Waals surface area contributed by atoms with Gasteiger partial charge in [0.2, 0.25) is 0 Å². The molecule has 14 heavy (non-hydrogen) atoms. The zero-order chi connectivity index (χ0) is 10.6. The van der Waals surface area contributed by atoms with Crippen LogP contribution in [0.5, 0.6) is 0 Å². The van der Waals surface area contributed by atoms with Gasteiger partial charge in [-0.05, 0) is 24.3 Å². The van der Waals surface area contributed by atoms with Crippen LogP contribution in [0.1, 0.15) is 10.4 Å². The van der Waals surface area contributed by atoms with E-state index in [0.29, 0.717) is 5.69 Å². The van der Waals surface area contributed by atoms with E-state index in [1.807, 2.05) is 0 Å². The third kappa shape index (κ3) is 2.46. The van der Waals surface area contributed by atoms with E-state index in [9.17, 15) is 9.59 Å². The Balaban J connectivity index is 2.73. The summed E-state index contributed by atoms with van der Waals surface area (Å²) in [5.41, 5.74) is 1.90. The molecule has 0 saturated carbocycles. The molecule has 74 valence electrons. The minimum atomic E-state index is -1.04. The van der Waals surface area contributed by atoms with Crippen molar-refractivity contribution in [1.29, 1.82) is 0 Å². The summed E-state index contributed by atoms with van der Waals surface area (Å²) >= 11 is 0. The van der Waals surface area contributed by atoms with Crippen LogP contribution in [-0.2, 0) is 0 Å². The van der Waals surface area contributed by atoms with Gasteiger partial charge in [0.1, 0.15) is 0 Å². The number of carboxylic acids is 1. The largest absolute Gasteiger partial charge is 0.478 e. The number of hydroxylamine groups is 1. The first-order valence-electron chi connectivity index (χ1n) is 3.68. The highest BCUT2D eigenvalue weighted by Crippen LogP contribution is 2.08. The Bertz CT molecular complexity index is 347. The van der Waals surface area contributed by atoms with Crippen LogP contribution in [0, 0.1) is 0 Å². The maximum Gasteiger partial charge on any atom is 0.342 e. The predicted octanol–water partition coefficient (Wildman–Crippen LogP) is 0.896. The fourth-order valence-electron chi connectivity index (χ4n) is 0.855. The molecule has 1 aromatic carbocycles. The number of amides is 2. The summed E-state index contributed by atoms with van der Waals surface area (Å²) in [7, 11) is 0. The molecular weight excluding hydrogens is 188 g/mol. The summed E-state index contributed by atoms with van der Waals surface area (Å²) in [6.45, 7) is 0. The van der Waals surface area contributed by atoms with Gasteiger partial charge in [0.25, 0.3) is 0 Å². The van der Waals surface area contributed by atoms with E-state index in [1.54, 1.807) is 0 Å². The van der Waals surface area contributed by atoms with E-state index in [0.717, 1.165) is 0 Å². The molecule has 1 rings (SSSR count). The van der Waals surface area contributed by atoms with E-state index in [2.05, 4.69) is 5.32 Å². The van der Waals surface area contributed by atoms with Crippen LogP contribution in [0.3, 0.4) is 0 Å². The lowest BCUT2D eigenvalue weighted by molar-refractivity contribution is 0.0697. The highest BCUT2D eigenvalue weighted by atomic mass is 16.5. The van der Waals surface area contributed by atoms with E-state index < -0.39 is 12.0 Å². The Labute approximate surface area is 79.1 Å². The third-order valence-corrected chi connectivity index (χ3v) is 1.49. The van der Waals surface area contributed by atoms with Crippen molar-refractivity contribution in [3.05, 3.63) is 29.8 Å². The normalized spacial score (nSPS) is 9.21. The van der Waals surface area contributed by atoms with Crippen molar-refractivity contribution < 1.29 is 19.9 Å². The summed E-state index contributed by atoms with van der Waals surface area (Å²) in [6, 6.07) is 4.73. The van der Waals surface area contributed by atoms with Crippen LogP contribution in [-0.4, -0.2) is 22.3 Å². The van der Waals surface area contributed by atoms with Crippen LogP contribution >= 0.6 is 0 Å². The molecule has 0 spiro atoms. The van der Waals surface area contributed by atoms with E-state index in [4.69, 9.17) is 10.3 Å². The lowest BCUT2D eigenvalue weighted by atomic mass is 10.2. The molecule has 2 amide bonds. The second-order valence-electron chi connectivity index (χ2n) is 2.45. The average molecular weight is 196 g/mol. The maximum atomic E-state index is 10.6. The zero-order valence-electron chi connectivity index (χ0n) is 7.02. The predicted molar refractivity (Wildman–Crippen MR) is 47.3 cm³/mol. The number of hydrogen-bond acceptors (Lipinski definition) is 3. The lowest BCUT2D eigenvalue weighted by Gasteiger charge is -2.02. The van der Waals surface area contributed by atoms with Gasteiger partial charge in [-0.1, -0.05) is 0 Å². The van der Waals surface area contributed by atoms with Crippen LogP contribution in [0.25, 0.3) is 0 Å². The van der Waals surface area contributed by atoms with Gasteiger partial charge >= 0.3 is 12.0 Å². The molecule has 0 atom stereocenters. The first-order valence-corrected chi connectivity index (χ1v) is 3.68. The zero-order valence-corrected chi connectivity index (χ0v) is 7.02. The SMILES string of the molecule is O=C(NO)Nc1ccc(C(=O)O)cc1. The van der Waals surface area contributed by atoms with E-state index in [1.165, 1.54) is 29.7 Å². The molecule has 6 heteroatoms. The minimum Gasteiger partial charge on any atom is -0.478 e. The van der Waals surface area contributed by atoms with Gasteiger partial charge in [-0.15, -0.1) is 0 Å². The Morgan fingerprint density at radius 2 is 1.71 bits per heavy atom. The highest BCUT2D eigenvalue weighted by molar-refractivity contribution is 5.91. The monoisotopic (exact) mass is 196 g/mol. The van der Waals surface area contributed by atoms with Crippen molar-refractivity contribution in [3.63, 3.8) is 0 Å². The van der Waals surface area contributed by atoms with Gasteiger partial charge in [-0.25, -0.2) is 15.1 Å². The van der Waals surface area contributed by atoms with Crippen molar-refractivity contribution in [1.82, 2.24) is 5.48 Å². The topological polar surface area (TPSA) is 98.7 Å². The van der Waals surface area contributed by atoms with Crippen LogP contribution < -0.4 is 10.8 Å². The van der Waals surface area contributed by atoms with Crippen LogP contribution in [0.2, 0.25) is 0 Å². The fourth-order valence-corrected chi connectivity index (χ4v) is 0.855. The molecular formula is C8H8N2O4. The number of nitrogens with one attached hydrogen (secondary N) is 2.